The Kier molecular flexibility index (Phi) is 8.98. The summed E-state index contributed by atoms with van der Waals surface area (Å²) in [6.45, 7) is 2.50. The maximum absolute atomic E-state index is 12.9. The number of aliphatic hydroxyl groups is 1. The van der Waals surface area contributed by atoms with E-state index in [1.165, 1.54) is 0 Å². The smallest absolute Gasteiger partial charge is 0.243 e. The van der Waals surface area contributed by atoms with Crippen molar-refractivity contribution >= 4 is 23.4 Å². The molecule has 2 amide bonds. The maximum Gasteiger partial charge on any atom is 0.243 e. The van der Waals surface area contributed by atoms with Crippen LogP contribution in [0.3, 0.4) is 0 Å². The van der Waals surface area contributed by atoms with Gasteiger partial charge in [-0.05, 0) is 29.7 Å². The molecule has 0 fully saturated rings. The standard InChI is InChI=1S/C22H27ClN2O3/c1-2-21(27)25(16-18-9-11-19(23)12-10-18)20(22(28)24-13-6-14-26)15-17-7-4-3-5-8-17/h3-5,7-12,20,26H,2,6,13-16H2,1H3,(H,24,28). The fourth-order valence-corrected chi connectivity index (χ4v) is 3.08. The number of nitrogens with zero attached hydrogens (tertiary/aromatic N) is 1. The molecule has 2 N–H and O–H groups in total. The van der Waals surface area contributed by atoms with Crippen LogP contribution in [-0.2, 0) is 22.6 Å². The third-order valence-electron chi connectivity index (χ3n) is 4.47. The number of benzene rings is 2. The molecule has 0 aliphatic heterocycles. The Bertz CT molecular complexity index is 750. The van der Waals surface area contributed by atoms with E-state index in [0.29, 0.717) is 37.4 Å². The van der Waals surface area contributed by atoms with E-state index in [9.17, 15) is 9.59 Å². The van der Waals surface area contributed by atoms with Gasteiger partial charge in [-0.3, -0.25) is 9.59 Å². The number of carbonyl (C=O) groups excluding carboxylic acids is 2. The van der Waals surface area contributed by atoms with Crippen molar-refractivity contribution in [2.75, 3.05) is 13.2 Å². The fraction of sp³-hybridized carbons (Fsp3) is 0.364. The highest BCUT2D eigenvalue weighted by atomic mass is 35.5. The van der Waals surface area contributed by atoms with Crippen LogP contribution in [0.25, 0.3) is 0 Å². The Morgan fingerprint density at radius 1 is 1.07 bits per heavy atom. The number of hydrogen-bond acceptors (Lipinski definition) is 3. The lowest BCUT2D eigenvalue weighted by atomic mass is 10.0. The van der Waals surface area contributed by atoms with E-state index >= 15 is 0 Å². The van der Waals surface area contributed by atoms with Crippen LogP contribution >= 0.6 is 11.6 Å². The van der Waals surface area contributed by atoms with Gasteiger partial charge in [0.2, 0.25) is 11.8 Å². The first-order chi connectivity index (χ1) is 13.5. The summed E-state index contributed by atoms with van der Waals surface area (Å²) >= 11 is 5.96. The van der Waals surface area contributed by atoms with Gasteiger partial charge >= 0.3 is 0 Å². The lowest BCUT2D eigenvalue weighted by molar-refractivity contribution is -0.141. The molecule has 0 aliphatic rings. The largest absolute Gasteiger partial charge is 0.396 e. The van der Waals surface area contributed by atoms with E-state index in [1.807, 2.05) is 42.5 Å². The highest BCUT2D eigenvalue weighted by Gasteiger charge is 2.29. The van der Waals surface area contributed by atoms with Crippen LogP contribution < -0.4 is 5.32 Å². The number of hydrogen-bond donors (Lipinski definition) is 2. The molecule has 28 heavy (non-hydrogen) atoms. The highest BCUT2D eigenvalue weighted by Crippen LogP contribution is 2.17. The van der Waals surface area contributed by atoms with Gasteiger partial charge in [-0.2, -0.15) is 0 Å². The van der Waals surface area contributed by atoms with Gasteiger partial charge in [0.1, 0.15) is 6.04 Å². The van der Waals surface area contributed by atoms with Gasteiger partial charge in [0.15, 0.2) is 0 Å². The first-order valence-corrected chi connectivity index (χ1v) is 9.89. The van der Waals surface area contributed by atoms with Crippen molar-refractivity contribution < 1.29 is 14.7 Å². The molecule has 0 bridgehead atoms. The van der Waals surface area contributed by atoms with Gasteiger partial charge in [-0.15, -0.1) is 0 Å². The van der Waals surface area contributed by atoms with Crippen molar-refractivity contribution in [1.82, 2.24) is 10.2 Å². The third kappa shape index (κ3) is 6.66. The van der Waals surface area contributed by atoms with Crippen LogP contribution in [-0.4, -0.2) is 41.0 Å². The normalized spacial score (nSPS) is 11.7. The van der Waals surface area contributed by atoms with E-state index in [1.54, 1.807) is 24.0 Å². The predicted octanol–water partition coefficient (Wildman–Crippen LogP) is 3.19. The molecule has 0 heterocycles. The van der Waals surface area contributed by atoms with Crippen molar-refractivity contribution in [3.8, 4) is 0 Å². The summed E-state index contributed by atoms with van der Waals surface area (Å²) < 4.78 is 0. The maximum atomic E-state index is 12.9. The molecule has 0 aliphatic carbocycles. The first-order valence-electron chi connectivity index (χ1n) is 9.51. The zero-order chi connectivity index (χ0) is 20.4. The Hall–Kier alpha value is -2.37. The summed E-state index contributed by atoms with van der Waals surface area (Å²) in [5.74, 6) is -0.304. The second kappa shape index (κ2) is 11.5. The van der Waals surface area contributed by atoms with Gasteiger partial charge in [0, 0.05) is 37.6 Å². The number of halogens is 1. The number of amides is 2. The van der Waals surface area contributed by atoms with Crippen LogP contribution in [0.4, 0.5) is 0 Å². The van der Waals surface area contributed by atoms with Gasteiger partial charge < -0.3 is 15.3 Å². The van der Waals surface area contributed by atoms with Crippen LogP contribution in [0, 0.1) is 0 Å². The van der Waals surface area contributed by atoms with E-state index < -0.39 is 6.04 Å². The van der Waals surface area contributed by atoms with Gasteiger partial charge in [-0.1, -0.05) is 61.0 Å². The van der Waals surface area contributed by atoms with Gasteiger partial charge in [0.25, 0.3) is 0 Å². The minimum Gasteiger partial charge on any atom is -0.396 e. The van der Waals surface area contributed by atoms with Crippen LogP contribution in [0.15, 0.2) is 54.6 Å². The monoisotopic (exact) mass is 402 g/mol. The first kappa shape index (κ1) is 21.9. The molecule has 5 nitrogen and oxygen atoms in total. The lowest BCUT2D eigenvalue weighted by Gasteiger charge is -2.31. The number of aliphatic hydroxyl groups excluding tert-OH is 1. The SMILES string of the molecule is CCC(=O)N(Cc1ccc(Cl)cc1)C(Cc1ccccc1)C(=O)NCCCO. The van der Waals surface area contributed by atoms with E-state index in [0.717, 1.165) is 11.1 Å². The molecular weight excluding hydrogens is 376 g/mol. The van der Waals surface area contributed by atoms with Crippen molar-refractivity contribution in [1.29, 1.82) is 0 Å². The van der Waals surface area contributed by atoms with Crippen molar-refractivity contribution in [2.45, 2.75) is 38.8 Å². The van der Waals surface area contributed by atoms with Crippen molar-refractivity contribution in [2.24, 2.45) is 0 Å². The zero-order valence-electron chi connectivity index (χ0n) is 16.1. The predicted molar refractivity (Wildman–Crippen MR) is 111 cm³/mol. The fourth-order valence-electron chi connectivity index (χ4n) is 2.95. The lowest BCUT2D eigenvalue weighted by Crippen LogP contribution is -2.50. The third-order valence-corrected chi connectivity index (χ3v) is 4.73. The zero-order valence-corrected chi connectivity index (χ0v) is 16.9. The number of carbonyl (C=O) groups is 2. The summed E-state index contributed by atoms with van der Waals surface area (Å²) in [5.41, 5.74) is 1.89. The molecule has 1 atom stereocenters. The molecule has 150 valence electrons. The Balaban J connectivity index is 2.28. The van der Waals surface area contributed by atoms with Crippen LogP contribution in [0.1, 0.15) is 30.9 Å². The van der Waals surface area contributed by atoms with E-state index in [-0.39, 0.29) is 18.4 Å². The Morgan fingerprint density at radius 3 is 2.36 bits per heavy atom. The molecule has 2 rings (SSSR count). The quantitative estimate of drug-likeness (QED) is 0.599. The molecular formula is C22H27ClN2O3. The average molecular weight is 403 g/mol. The van der Waals surface area contributed by atoms with E-state index in [2.05, 4.69) is 5.32 Å². The minimum absolute atomic E-state index is 0.00596. The topological polar surface area (TPSA) is 69.6 Å². The molecule has 0 aromatic heterocycles. The second-order valence-corrected chi connectivity index (χ2v) is 7.01. The van der Waals surface area contributed by atoms with Gasteiger partial charge in [-0.25, -0.2) is 0 Å². The molecule has 0 saturated carbocycles. The molecule has 0 radical (unpaired) electrons. The second-order valence-electron chi connectivity index (χ2n) is 6.58. The Morgan fingerprint density at radius 2 is 1.75 bits per heavy atom. The summed E-state index contributed by atoms with van der Waals surface area (Å²) in [7, 11) is 0. The summed E-state index contributed by atoms with van der Waals surface area (Å²) in [6, 6.07) is 16.3. The molecule has 2 aromatic rings. The van der Waals surface area contributed by atoms with Crippen LogP contribution in [0.5, 0.6) is 0 Å². The summed E-state index contributed by atoms with van der Waals surface area (Å²) in [5, 5.41) is 12.4. The molecule has 2 aromatic carbocycles. The number of rotatable bonds is 10. The Labute approximate surface area is 171 Å². The van der Waals surface area contributed by atoms with Crippen LogP contribution in [0.2, 0.25) is 5.02 Å². The molecule has 6 heteroatoms. The molecule has 1 unspecified atom stereocenters. The van der Waals surface area contributed by atoms with E-state index in [4.69, 9.17) is 16.7 Å². The molecule has 0 saturated heterocycles. The van der Waals surface area contributed by atoms with Gasteiger partial charge in [0.05, 0.1) is 0 Å². The summed E-state index contributed by atoms with van der Waals surface area (Å²) in [4.78, 5) is 27.3. The minimum atomic E-state index is -0.635. The summed E-state index contributed by atoms with van der Waals surface area (Å²) in [6.07, 6.45) is 1.20. The average Bonchev–Trinajstić information content (AvgIpc) is 2.72. The highest BCUT2D eigenvalue weighted by molar-refractivity contribution is 6.30. The van der Waals surface area contributed by atoms with Crippen molar-refractivity contribution in [3.63, 3.8) is 0 Å². The van der Waals surface area contributed by atoms with Crippen molar-refractivity contribution in [3.05, 3.63) is 70.7 Å². The number of nitrogens with one attached hydrogen (secondary N) is 1. The molecule has 0 spiro atoms.